The highest BCUT2D eigenvalue weighted by Gasteiger charge is 2.29. The molecule has 2 heteroatoms. The van der Waals surface area contributed by atoms with E-state index in [1.165, 1.54) is 13.5 Å². The Morgan fingerprint density at radius 1 is 1.25 bits per heavy atom. The normalized spacial score (nSPS) is 36.1. The highest BCUT2D eigenvalue weighted by atomic mass is 16.5. The Labute approximate surface area is 74.3 Å². The summed E-state index contributed by atoms with van der Waals surface area (Å²) in [6.45, 7) is 4.48. The van der Waals surface area contributed by atoms with Gasteiger partial charge < -0.3 is 4.74 Å². The van der Waals surface area contributed by atoms with Gasteiger partial charge in [-0.1, -0.05) is 13.8 Å². The minimum absolute atomic E-state index is 0.0197. The van der Waals surface area contributed by atoms with Crippen LogP contribution < -0.4 is 0 Å². The summed E-state index contributed by atoms with van der Waals surface area (Å²) in [5, 5.41) is 0. The van der Waals surface area contributed by atoms with Gasteiger partial charge in [0, 0.05) is 0 Å². The van der Waals surface area contributed by atoms with E-state index in [0.717, 1.165) is 18.8 Å². The molecule has 0 saturated heterocycles. The van der Waals surface area contributed by atoms with Crippen LogP contribution in [0.5, 0.6) is 0 Å². The molecule has 2 nitrogen and oxygen atoms in total. The first-order valence-corrected chi connectivity index (χ1v) is 4.73. The van der Waals surface area contributed by atoms with Crippen LogP contribution in [0.4, 0.5) is 0 Å². The van der Waals surface area contributed by atoms with Crippen LogP contribution in [0.3, 0.4) is 0 Å². The van der Waals surface area contributed by atoms with Crippen molar-refractivity contribution in [1.82, 2.24) is 0 Å². The standard InChI is InChI=1S/C10H18O2/c1-7-4-5-9(6-8(7)2)10(11)12-3/h7-9H,4-6H2,1-3H3/t7-,8+,9+/m0/s1. The monoisotopic (exact) mass is 170 g/mol. The lowest BCUT2D eigenvalue weighted by molar-refractivity contribution is -0.147. The lowest BCUT2D eigenvalue weighted by Crippen LogP contribution is -2.27. The first-order valence-electron chi connectivity index (χ1n) is 4.73. The SMILES string of the molecule is COC(=O)[C@@H]1CC[C@H](C)[C@H](C)C1. The second-order valence-electron chi connectivity index (χ2n) is 3.99. The fourth-order valence-electron chi connectivity index (χ4n) is 1.93. The molecule has 1 aliphatic carbocycles. The van der Waals surface area contributed by atoms with E-state index in [1.54, 1.807) is 0 Å². The molecule has 0 amide bonds. The summed E-state index contributed by atoms with van der Waals surface area (Å²) in [5.41, 5.74) is 0. The number of ether oxygens (including phenoxy) is 1. The average molecular weight is 170 g/mol. The third kappa shape index (κ3) is 1.99. The van der Waals surface area contributed by atoms with Gasteiger partial charge in [0.25, 0.3) is 0 Å². The summed E-state index contributed by atoms with van der Waals surface area (Å²) >= 11 is 0. The van der Waals surface area contributed by atoms with Gasteiger partial charge >= 0.3 is 5.97 Å². The molecule has 0 spiro atoms. The molecule has 0 radical (unpaired) electrons. The quantitative estimate of drug-likeness (QED) is 0.564. The molecule has 1 saturated carbocycles. The zero-order chi connectivity index (χ0) is 9.14. The van der Waals surface area contributed by atoms with E-state index < -0.39 is 0 Å². The molecule has 0 aromatic heterocycles. The largest absolute Gasteiger partial charge is 0.469 e. The molecule has 12 heavy (non-hydrogen) atoms. The summed E-state index contributed by atoms with van der Waals surface area (Å²) in [4.78, 5) is 11.2. The van der Waals surface area contributed by atoms with Crippen LogP contribution in [0.2, 0.25) is 0 Å². The van der Waals surface area contributed by atoms with E-state index in [-0.39, 0.29) is 11.9 Å². The van der Waals surface area contributed by atoms with Crippen molar-refractivity contribution in [3.8, 4) is 0 Å². The van der Waals surface area contributed by atoms with Crippen LogP contribution in [0.15, 0.2) is 0 Å². The molecular formula is C10H18O2. The van der Waals surface area contributed by atoms with Gasteiger partial charge in [0.15, 0.2) is 0 Å². The highest BCUT2D eigenvalue weighted by Crippen LogP contribution is 2.33. The van der Waals surface area contributed by atoms with E-state index in [2.05, 4.69) is 13.8 Å². The van der Waals surface area contributed by atoms with Crippen LogP contribution in [0, 0.1) is 17.8 Å². The Kier molecular flexibility index (Phi) is 3.12. The summed E-state index contributed by atoms with van der Waals surface area (Å²) < 4.78 is 4.73. The summed E-state index contributed by atoms with van der Waals surface area (Å²) in [5.74, 6) is 1.59. The van der Waals surface area contributed by atoms with Gasteiger partial charge in [-0.3, -0.25) is 4.79 Å². The molecule has 0 heterocycles. The van der Waals surface area contributed by atoms with Gasteiger partial charge in [-0.05, 0) is 31.1 Å². The van der Waals surface area contributed by atoms with E-state index >= 15 is 0 Å². The van der Waals surface area contributed by atoms with E-state index in [4.69, 9.17) is 4.74 Å². The predicted octanol–water partition coefficient (Wildman–Crippen LogP) is 2.23. The van der Waals surface area contributed by atoms with Gasteiger partial charge in [-0.25, -0.2) is 0 Å². The Hall–Kier alpha value is -0.530. The first-order chi connectivity index (χ1) is 5.65. The molecule has 0 N–H and O–H groups in total. The topological polar surface area (TPSA) is 26.3 Å². The van der Waals surface area contributed by atoms with Crippen molar-refractivity contribution in [3.63, 3.8) is 0 Å². The summed E-state index contributed by atoms with van der Waals surface area (Å²) in [6.07, 6.45) is 3.19. The molecule has 0 aromatic carbocycles. The molecular weight excluding hydrogens is 152 g/mol. The maximum absolute atomic E-state index is 11.2. The highest BCUT2D eigenvalue weighted by molar-refractivity contribution is 5.72. The number of methoxy groups -OCH3 is 1. The number of hydrogen-bond acceptors (Lipinski definition) is 2. The number of rotatable bonds is 1. The molecule has 0 aliphatic heterocycles. The van der Waals surface area contributed by atoms with Gasteiger partial charge in [0.1, 0.15) is 0 Å². The Morgan fingerprint density at radius 2 is 1.92 bits per heavy atom. The third-order valence-corrected chi connectivity index (χ3v) is 3.13. The van der Waals surface area contributed by atoms with Crippen molar-refractivity contribution in [3.05, 3.63) is 0 Å². The maximum Gasteiger partial charge on any atom is 0.308 e. The Morgan fingerprint density at radius 3 is 2.42 bits per heavy atom. The second-order valence-corrected chi connectivity index (χ2v) is 3.99. The maximum atomic E-state index is 11.2. The smallest absolute Gasteiger partial charge is 0.308 e. The van der Waals surface area contributed by atoms with Gasteiger partial charge in [-0.2, -0.15) is 0 Å². The minimum atomic E-state index is -0.0197. The second kappa shape index (κ2) is 3.92. The Balaban J connectivity index is 2.45. The molecule has 70 valence electrons. The summed E-state index contributed by atoms with van der Waals surface area (Å²) in [6, 6.07) is 0. The lowest BCUT2D eigenvalue weighted by Gasteiger charge is -2.30. The van der Waals surface area contributed by atoms with Gasteiger partial charge in [0.2, 0.25) is 0 Å². The summed E-state index contributed by atoms with van der Waals surface area (Å²) in [7, 11) is 1.48. The molecule has 0 bridgehead atoms. The molecule has 1 fully saturated rings. The Bertz CT molecular complexity index is 165. The van der Waals surface area contributed by atoms with E-state index in [1.807, 2.05) is 0 Å². The van der Waals surface area contributed by atoms with Crippen molar-refractivity contribution in [2.45, 2.75) is 33.1 Å². The van der Waals surface area contributed by atoms with Crippen LogP contribution in [-0.4, -0.2) is 13.1 Å². The van der Waals surface area contributed by atoms with Crippen molar-refractivity contribution in [1.29, 1.82) is 0 Å². The van der Waals surface area contributed by atoms with Crippen LogP contribution in [0.25, 0.3) is 0 Å². The van der Waals surface area contributed by atoms with E-state index in [9.17, 15) is 4.79 Å². The van der Waals surface area contributed by atoms with E-state index in [0.29, 0.717) is 5.92 Å². The van der Waals surface area contributed by atoms with Crippen molar-refractivity contribution in [2.24, 2.45) is 17.8 Å². The number of esters is 1. The van der Waals surface area contributed by atoms with Crippen LogP contribution in [0.1, 0.15) is 33.1 Å². The average Bonchev–Trinajstić information content (AvgIpc) is 2.08. The third-order valence-electron chi connectivity index (χ3n) is 3.13. The fraction of sp³-hybridized carbons (Fsp3) is 0.900. The van der Waals surface area contributed by atoms with Crippen LogP contribution in [-0.2, 0) is 9.53 Å². The lowest BCUT2D eigenvalue weighted by atomic mass is 9.76. The molecule has 1 rings (SSSR count). The zero-order valence-corrected chi connectivity index (χ0v) is 8.17. The minimum Gasteiger partial charge on any atom is -0.469 e. The zero-order valence-electron chi connectivity index (χ0n) is 8.17. The van der Waals surface area contributed by atoms with Gasteiger partial charge in [-0.15, -0.1) is 0 Å². The van der Waals surface area contributed by atoms with Crippen molar-refractivity contribution >= 4 is 5.97 Å². The van der Waals surface area contributed by atoms with Crippen LogP contribution >= 0.6 is 0 Å². The first kappa shape index (κ1) is 9.56. The number of carbonyl (C=O) groups excluding carboxylic acids is 1. The molecule has 0 aromatic rings. The number of hydrogen-bond donors (Lipinski definition) is 0. The molecule has 1 aliphatic rings. The van der Waals surface area contributed by atoms with Crippen molar-refractivity contribution < 1.29 is 9.53 Å². The van der Waals surface area contributed by atoms with Crippen molar-refractivity contribution in [2.75, 3.05) is 7.11 Å². The fourth-order valence-corrected chi connectivity index (χ4v) is 1.93. The molecule has 0 unspecified atom stereocenters. The molecule has 3 atom stereocenters. The van der Waals surface area contributed by atoms with Gasteiger partial charge in [0.05, 0.1) is 13.0 Å². The number of carbonyl (C=O) groups is 1. The predicted molar refractivity (Wildman–Crippen MR) is 47.7 cm³/mol.